The van der Waals surface area contributed by atoms with Gasteiger partial charge in [-0.15, -0.1) is 18.2 Å². The summed E-state index contributed by atoms with van der Waals surface area (Å²) in [5.74, 6) is 3.36. The molecule has 1 aromatic heterocycles. The quantitative estimate of drug-likeness (QED) is 0.318. The van der Waals surface area contributed by atoms with Crippen LogP contribution in [0, 0.1) is 12.3 Å². The van der Waals surface area contributed by atoms with Crippen LogP contribution in [-0.2, 0) is 16.1 Å². The Morgan fingerprint density at radius 2 is 1.97 bits per heavy atom. The van der Waals surface area contributed by atoms with Crippen LogP contribution >= 0.6 is 23.1 Å². The predicted octanol–water partition coefficient (Wildman–Crippen LogP) is 3.74. The van der Waals surface area contributed by atoms with Crippen LogP contribution in [0.5, 0.6) is 5.75 Å². The molecule has 1 amide bonds. The summed E-state index contributed by atoms with van der Waals surface area (Å²) in [5, 5.41) is 0. The van der Waals surface area contributed by atoms with Gasteiger partial charge in [0.05, 0.1) is 36.5 Å². The summed E-state index contributed by atoms with van der Waals surface area (Å²) in [4.78, 5) is 30.0. The van der Waals surface area contributed by atoms with Crippen LogP contribution in [0.15, 0.2) is 52.4 Å². The molecule has 0 spiro atoms. The van der Waals surface area contributed by atoms with Gasteiger partial charge in [-0.05, 0) is 42.5 Å². The van der Waals surface area contributed by atoms with Crippen molar-refractivity contribution < 1.29 is 19.1 Å². The smallest absolute Gasteiger partial charge is 0.337 e. The largest absolute Gasteiger partial charge is 0.497 e. The molecule has 0 aliphatic heterocycles. The average Bonchev–Trinajstić information content (AvgIpc) is 3.10. The van der Waals surface area contributed by atoms with E-state index < -0.39 is 5.97 Å². The van der Waals surface area contributed by atoms with Gasteiger partial charge in [-0.2, -0.15) is 4.99 Å². The topological polar surface area (TPSA) is 69.9 Å². The van der Waals surface area contributed by atoms with E-state index in [0.29, 0.717) is 22.5 Å². The zero-order valence-electron chi connectivity index (χ0n) is 16.6. The molecule has 30 heavy (non-hydrogen) atoms. The number of fused-ring (bicyclic) bond motifs is 1. The number of hydrogen-bond donors (Lipinski definition) is 0. The standard InChI is InChI=1S/C22H20N2O4S2/c1-4-12-24-18-10-5-15(21(26)28-3)14-19(18)30-22(24)23-20(25)11-13-29-17-8-6-16(27-2)7-9-17/h1,5-10,14H,11-13H2,2-3H3. The van der Waals surface area contributed by atoms with Gasteiger partial charge in [-0.25, -0.2) is 4.79 Å². The fourth-order valence-electron chi connectivity index (χ4n) is 2.74. The van der Waals surface area contributed by atoms with E-state index in [9.17, 15) is 9.59 Å². The second kappa shape index (κ2) is 10.1. The molecule has 6 nitrogen and oxygen atoms in total. The SMILES string of the molecule is C#CCn1c(=NC(=O)CCSc2ccc(OC)cc2)sc2cc(C(=O)OC)ccc21. The predicted molar refractivity (Wildman–Crippen MR) is 119 cm³/mol. The number of rotatable bonds is 7. The Morgan fingerprint density at radius 3 is 2.63 bits per heavy atom. The Bertz CT molecular complexity index is 1170. The number of ether oxygens (including phenoxy) is 2. The minimum absolute atomic E-state index is 0.221. The zero-order chi connectivity index (χ0) is 21.5. The number of terminal acetylenes is 1. The highest BCUT2D eigenvalue weighted by Gasteiger charge is 2.12. The van der Waals surface area contributed by atoms with Crippen molar-refractivity contribution in [1.82, 2.24) is 4.57 Å². The molecule has 0 bridgehead atoms. The molecule has 0 unspecified atom stereocenters. The van der Waals surface area contributed by atoms with Crippen LogP contribution in [-0.4, -0.2) is 36.4 Å². The highest BCUT2D eigenvalue weighted by atomic mass is 32.2. The maximum Gasteiger partial charge on any atom is 0.337 e. The highest BCUT2D eigenvalue weighted by molar-refractivity contribution is 7.99. The molecule has 0 saturated carbocycles. The molecule has 8 heteroatoms. The molecular formula is C22H20N2O4S2. The monoisotopic (exact) mass is 440 g/mol. The maximum atomic E-state index is 12.4. The van der Waals surface area contributed by atoms with E-state index in [1.54, 1.807) is 41.6 Å². The van der Waals surface area contributed by atoms with Crippen LogP contribution in [0.2, 0.25) is 0 Å². The van der Waals surface area contributed by atoms with Crippen LogP contribution < -0.4 is 9.54 Å². The Labute approximate surface area is 182 Å². The second-order valence-corrected chi connectivity index (χ2v) is 8.31. The van der Waals surface area contributed by atoms with Gasteiger partial charge >= 0.3 is 5.97 Å². The molecule has 3 aromatic rings. The lowest BCUT2D eigenvalue weighted by Gasteiger charge is -2.02. The number of nitrogens with zero attached hydrogens (tertiary/aromatic N) is 2. The van der Waals surface area contributed by atoms with Gasteiger partial charge in [0.1, 0.15) is 5.75 Å². The number of benzene rings is 2. The van der Waals surface area contributed by atoms with E-state index in [1.165, 1.54) is 18.4 Å². The summed E-state index contributed by atoms with van der Waals surface area (Å²) in [7, 11) is 2.96. The first kappa shape index (κ1) is 21.7. The summed E-state index contributed by atoms with van der Waals surface area (Å²) < 4.78 is 12.5. The Kier molecular flexibility index (Phi) is 7.33. The summed E-state index contributed by atoms with van der Waals surface area (Å²) >= 11 is 2.90. The third-order valence-corrected chi connectivity index (χ3v) is 6.27. The van der Waals surface area contributed by atoms with Crippen LogP contribution in [0.3, 0.4) is 0 Å². The van der Waals surface area contributed by atoms with E-state index in [4.69, 9.17) is 15.9 Å². The number of hydrogen-bond acceptors (Lipinski definition) is 6. The van der Waals surface area contributed by atoms with Crippen LogP contribution in [0.1, 0.15) is 16.8 Å². The fraction of sp³-hybridized carbons (Fsp3) is 0.227. The van der Waals surface area contributed by atoms with Crippen molar-refractivity contribution in [3.63, 3.8) is 0 Å². The first-order valence-electron chi connectivity index (χ1n) is 9.05. The number of thiazole rings is 1. The van der Waals surface area contributed by atoms with Crippen molar-refractivity contribution in [2.45, 2.75) is 17.9 Å². The van der Waals surface area contributed by atoms with Gasteiger partial charge in [-0.3, -0.25) is 4.79 Å². The van der Waals surface area contributed by atoms with E-state index in [1.807, 2.05) is 24.3 Å². The fourth-order valence-corrected chi connectivity index (χ4v) is 4.67. The molecule has 0 N–H and O–H groups in total. The van der Waals surface area contributed by atoms with Crippen molar-refractivity contribution in [2.75, 3.05) is 20.0 Å². The molecule has 0 aliphatic carbocycles. The number of esters is 1. The second-order valence-electron chi connectivity index (χ2n) is 6.13. The molecule has 0 fully saturated rings. The number of amides is 1. The molecule has 1 heterocycles. The van der Waals surface area contributed by atoms with E-state index in [-0.39, 0.29) is 12.5 Å². The number of aromatic nitrogens is 1. The Hall–Kier alpha value is -3.02. The molecule has 154 valence electrons. The van der Waals surface area contributed by atoms with Crippen molar-refractivity contribution in [1.29, 1.82) is 0 Å². The number of methoxy groups -OCH3 is 2. The lowest BCUT2D eigenvalue weighted by Crippen LogP contribution is -2.16. The molecule has 3 rings (SSSR count). The summed E-state index contributed by atoms with van der Waals surface area (Å²) in [6.45, 7) is 0.282. The van der Waals surface area contributed by atoms with Gasteiger partial charge in [-0.1, -0.05) is 17.3 Å². The summed E-state index contributed by atoms with van der Waals surface area (Å²) in [6, 6.07) is 12.9. The highest BCUT2D eigenvalue weighted by Crippen LogP contribution is 2.22. The zero-order valence-corrected chi connectivity index (χ0v) is 18.2. The lowest BCUT2D eigenvalue weighted by molar-refractivity contribution is -0.117. The van der Waals surface area contributed by atoms with Crippen molar-refractivity contribution in [3.8, 4) is 18.1 Å². The molecule has 0 radical (unpaired) electrons. The maximum absolute atomic E-state index is 12.4. The van der Waals surface area contributed by atoms with Gasteiger partial charge in [0.25, 0.3) is 0 Å². The molecule has 2 aromatic carbocycles. The van der Waals surface area contributed by atoms with Gasteiger partial charge in [0.2, 0.25) is 5.91 Å². The minimum Gasteiger partial charge on any atom is -0.497 e. The molecular weight excluding hydrogens is 420 g/mol. The molecule has 0 aliphatic rings. The minimum atomic E-state index is -0.418. The van der Waals surface area contributed by atoms with Crippen LogP contribution in [0.4, 0.5) is 0 Å². The van der Waals surface area contributed by atoms with Crippen molar-refractivity contribution in [3.05, 3.63) is 52.8 Å². The number of carbonyl (C=O) groups is 2. The van der Waals surface area contributed by atoms with E-state index in [0.717, 1.165) is 20.9 Å². The van der Waals surface area contributed by atoms with E-state index >= 15 is 0 Å². The Balaban J connectivity index is 1.77. The lowest BCUT2D eigenvalue weighted by atomic mass is 10.2. The Morgan fingerprint density at radius 1 is 1.20 bits per heavy atom. The van der Waals surface area contributed by atoms with Crippen molar-refractivity contribution >= 4 is 45.2 Å². The van der Waals surface area contributed by atoms with Gasteiger partial charge < -0.3 is 14.0 Å². The van der Waals surface area contributed by atoms with Crippen LogP contribution in [0.25, 0.3) is 10.2 Å². The van der Waals surface area contributed by atoms with Crippen molar-refractivity contribution in [2.24, 2.45) is 4.99 Å². The third kappa shape index (κ3) is 5.12. The van der Waals surface area contributed by atoms with Gasteiger partial charge in [0, 0.05) is 17.1 Å². The molecule has 0 saturated heterocycles. The number of thioether (sulfide) groups is 1. The average molecular weight is 441 g/mol. The van der Waals surface area contributed by atoms with E-state index in [2.05, 4.69) is 10.9 Å². The van der Waals surface area contributed by atoms with Gasteiger partial charge in [0.15, 0.2) is 4.80 Å². The summed E-state index contributed by atoms with van der Waals surface area (Å²) in [6.07, 6.45) is 5.80. The summed E-state index contributed by atoms with van der Waals surface area (Å²) in [5.41, 5.74) is 1.26. The number of carbonyl (C=O) groups excluding carboxylic acids is 2. The first-order chi connectivity index (χ1) is 14.5. The molecule has 0 atom stereocenters. The normalized spacial score (nSPS) is 11.3. The third-order valence-electron chi connectivity index (χ3n) is 4.22. The first-order valence-corrected chi connectivity index (χ1v) is 10.9.